The fraction of sp³-hybridized carbons (Fsp3) is 0.312. The maximum absolute atomic E-state index is 12.5. The Labute approximate surface area is 163 Å². The van der Waals surface area contributed by atoms with Gasteiger partial charge in [-0.2, -0.15) is 0 Å². The number of benzene rings is 1. The van der Waals surface area contributed by atoms with Crippen LogP contribution in [0.2, 0.25) is 0 Å². The molecule has 1 amide bonds. The van der Waals surface area contributed by atoms with Crippen LogP contribution in [0.3, 0.4) is 0 Å². The van der Waals surface area contributed by atoms with Crippen LogP contribution in [-0.4, -0.2) is 48.5 Å². The smallest absolute Gasteiger partial charge is 0.325 e. The van der Waals surface area contributed by atoms with E-state index in [1.54, 1.807) is 25.3 Å². The molecule has 0 aromatic heterocycles. The van der Waals surface area contributed by atoms with Gasteiger partial charge in [0, 0.05) is 4.47 Å². The average Bonchev–Trinajstić information content (AvgIpc) is 2.85. The molecule has 1 aliphatic rings. The standard InChI is InChI=1S/C16H16BrNO5S2/c1-4-23-12-5-9(10(17)7-11(12)21-2)6-13-15(20)18(16(24)25-13)8-14(19)22-3/h5-7H,4,8H2,1-3H3/b13-6-. The quantitative estimate of drug-likeness (QED) is 0.378. The van der Waals surface area contributed by atoms with Gasteiger partial charge >= 0.3 is 5.97 Å². The zero-order chi connectivity index (χ0) is 18.6. The molecule has 1 aromatic carbocycles. The van der Waals surface area contributed by atoms with Gasteiger partial charge in [-0.05, 0) is 30.7 Å². The molecule has 0 saturated carbocycles. The van der Waals surface area contributed by atoms with E-state index in [0.717, 1.165) is 21.8 Å². The van der Waals surface area contributed by atoms with Crippen molar-refractivity contribution in [1.29, 1.82) is 0 Å². The first-order valence-corrected chi connectivity index (χ1v) is 9.25. The lowest BCUT2D eigenvalue weighted by Crippen LogP contribution is -2.33. The second-order valence-corrected chi connectivity index (χ2v) is 7.33. The normalized spacial score (nSPS) is 15.7. The highest BCUT2D eigenvalue weighted by molar-refractivity contribution is 9.10. The zero-order valence-corrected chi connectivity index (χ0v) is 17.0. The molecule has 1 heterocycles. The summed E-state index contributed by atoms with van der Waals surface area (Å²) in [4.78, 5) is 25.5. The molecule has 0 atom stereocenters. The molecule has 134 valence electrons. The number of esters is 1. The Morgan fingerprint density at radius 1 is 1.36 bits per heavy atom. The van der Waals surface area contributed by atoms with E-state index in [0.29, 0.717) is 27.3 Å². The van der Waals surface area contributed by atoms with Crippen LogP contribution in [0.4, 0.5) is 0 Å². The zero-order valence-electron chi connectivity index (χ0n) is 13.8. The van der Waals surface area contributed by atoms with Crippen molar-refractivity contribution in [1.82, 2.24) is 4.90 Å². The van der Waals surface area contributed by atoms with Crippen LogP contribution < -0.4 is 9.47 Å². The molecule has 0 bridgehead atoms. The Morgan fingerprint density at radius 3 is 2.68 bits per heavy atom. The van der Waals surface area contributed by atoms with Crippen LogP contribution >= 0.6 is 39.9 Å². The van der Waals surface area contributed by atoms with Crippen LogP contribution in [0, 0.1) is 0 Å². The van der Waals surface area contributed by atoms with Crippen LogP contribution in [0.5, 0.6) is 11.5 Å². The molecule has 1 fully saturated rings. The largest absolute Gasteiger partial charge is 0.493 e. The van der Waals surface area contributed by atoms with Crippen molar-refractivity contribution < 1.29 is 23.8 Å². The Kier molecular flexibility index (Phi) is 6.86. The van der Waals surface area contributed by atoms with Crippen LogP contribution in [0.1, 0.15) is 12.5 Å². The van der Waals surface area contributed by atoms with E-state index in [1.165, 1.54) is 12.0 Å². The molecule has 0 aliphatic carbocycles. The predicted molar refractivity (Wildman–Crippen MR) is 104 cm³/mol. The Balaban J connectivity index is 2.34. The summed E-state index contributed by atoms with van der Waals surface area (Å²) in [5, 5.41) is 0. The number of methoxy groups -OCH3 is 2. The lowest BCUT2D eigenvalue weighted by atomic mass is 10.2. The number of carbonyl (C=O) groups is 2. The first-order chi connectivity index (χ1) is 11.9. The second kappa shape index (κ2) is 8.68. The summed E-state index contributed by atoms with van der Waals surface area (Å²) in [5.41, 5.74) is 0.739. The molecule has 0 unspecified atom stereocenters. The number of ether oxygens (including phenoxy) is 3. The van der Waals surface area contributed by atoms with E-state index >= 15 is 0 Å². The number of halogens is 1. The number of hydrogen-bond donors (Lipinski definition) is 0. The topological polar surface area (TPSA) is 65.1 Å². The molecule has 25 heavy (non-hydrogen) atoms. The molecule has 0 N–H and O–H groups in total. The summed E-state index contributed by atoms with van der Waals surface area (Å²) in [6.07, 6.45) is 1.70. The van der Waals surface area contributed by atoms with Crippen molar-refractivity contribution in [3.05, 3.63) is 27.1 Å². The first-order valence-electron chi connectivity index (χ1n) is 7.23. The maximum atomic E-state index is 12.5. The predicted octanol–water partition coefficient (Wildman–Crippen LogP) is 3.23. The third kappa shape index (κ3) is 4.53. The molecule has 0 spiro atoms. The van der Waals surface area contributed by atoms with Gasteiger partial charge in [0.15, 0.2) is 11.5 Å². The summed E-state index contributed by atoms with van der Waals surface area (Å²) >= 11 is 9.78. The van der Waals surface area contributed by atoms with Crippen LogP contribution in [-0.2, 0) is 14.3 Å². The minimum Gasteiger partial charge on any atom is -0.493 e. The van der Waals surface area contributed by atoms with Crippen molar-refractivity contribution in [3.8, 4) is 11.5 Å². The second-order valence-electron chi connectivity index (χ2n) is 4.80. The van der Waals surface area contributed by atoms with E-state index in [-0.39, 0.29) is 12.5 Å². The fourth-order valence-electron chi connectivity index (χ4n) is 2.06. The molecule has 6 nitrogen and oxygen atoms in total. The lowest BCUT2D eigenvalue weighted by molar-refractivity contribution is -0.143. The molecule has 0 radical (unpaired) electrons. The maximum Gasteiger partial charge on any atom is 0.325 e. The third-order valence-electron chi connectivity index (χ3n) is 3.26. The number of thioether (sulfide) groups is 1. The highest BCUT2D eigenvalue weighted by atomic mass is 79.9. The van der Waals surface area contributed by atoms with Crippen molar-refractivity contribution in [2.24, 2.45) is 0 Å². The monoisotopic (exact) mass is 445 g/mol. The van der Waals surface area contributed by atoms with Gasteiger partial charge in [-0.3, -0.25) is 14.5 Å². The number of thiocarbonyl (C=S) groups is 1. The Bertz CT molecular complexity index is 750. The molecule has 1 aliphatic heterocycles. The number of amides is 1. The van der Waals surface area contributed by atoms with Gasteiger partial charge in [-0.25, -0.2) is 0 Å². The van der Waals surface area contributed by atoms with Gasteiger partial charge in [0.1, 0.15) is 10.9 Å². The lowest BCUT2D eigenvalue weighted by Gasteiger charge is -2.12. The van der Waals surface area contributed by atoms with Gasteiger partial charge in [0.05, 0.1) is 25.7 Å². The van der Waals surface area contributed by atoms with Gasteiger partial charge in [-0.1, -0.05) is 39.9 Å². The number of carbonyl (C=O) groups excluding carboxylic acids is 2. The van der Waals surface area contributed by atoms with Gasteiger partial charge < -0.3 is 14.2 Å². The summed E-state index contributed by atoms with van der Waals surface area (Å²) in [6, 6.07) is 3.55. The molecule has 9 heteroatoms. The molecule has 2 rings (SSSR count). The highest BCUT2D eigenvalue weighted by Crippen LogP contribution is 2.38. The van der Waals surface area contributed by atoms with E-state index in [1.807, 2.05) is 6.92 Å². The highest BCUT2D eigenvalue weighted by Gasteiger charge is 2.33. The molecular formula is C16H16BrNO5S2. The Hall–Kier alpha value is -1.58. The van der Waals surface area contributed by atoms with E-state index in [2.05, 4.69) is 20.7 Å². The van der Waals surface area contributed by atoms with Gasteiger partial charge in [0.2, 0.25) is 0 Å². The van der Waals surface area contributed by atoms with Crippen molar-refractivity contribution in [3.63, 3.8) is 0 Å². The number of nitrogens with zero attached hydrogens (tertiary/aromatic N) is 1. The first kappa shape index (κ1) is 19.7. The van der Waals surface area contributed by atoms with Crippen molar-refractivity contribution >= 4 is 62.2 Å². The van der Waals surface area contributed by atoms with Gasteiger partial charge in [0.25, 0.3) is 5.91 Å². The molecular weight excluding hydrogens is 430 g/mol. The SMILES string of the molecule is CCOc1cc(/C=C2\SC(=S)N(CC(=O)OC)C2=O)c(Br)cc1OC. The van der Waals surface area contributed by atoms with E-state index < -0.39 is 5.97 Å². The summed E-state index contributed by atoms with van der Waals surface area (Å²) in [5.74, 6) is 0.302. The molecule has 1 aromatic rings. The average molecular weight is 446 g/mol. The number of hydrogen-bond acceptors (Lipinski definition) is 7. The van der Waals surface area contributed by atoms with E-state index in [4.69, 9.17) is 21.7 Å². The Morgan fingerprint density at radius 2 is 2.08 bits per heavy atom. The minimum atomic E-state index is -0.526. The van der Waals surface area contributed by atoms with Crippen molar-refractivity contribution in [2.45, 2.75) is 6.92 Å². The van der Waals surface area contributed by atoms with Crippen molar-refractivity contribution in [2.75, 3.05) is 27.4 Å². The third-order valence-corrected chi connectivity index (χ3v) is 5.32. The van der Waals surface area contributed by atoms with Crippen LogP contribution in [0.25, 0.3) is 6.08 Å². The summed E-state index contributed by atoms with van der Waals surface area (Å²) in [6.45, 7) is 2.16. The number of rotatable bonds is 6. The van der Waals surface area contributed by atoms with E-state index in [9.17, 15) is 9.59 Å². The molecule has 1 saturated heterocycles. The summed E-state index contributed by atoms with van der Waals surface area (Å²) < 4.78 is 16.5. The van der Waals surface area contributed by atoms with Crippen LogP contribution in [0.15, 0.2) is 21.5 Å². The summed E-state index contributed by atoms with van der Waals surface area (Å²) in [7, 11) is 2.82. The fourth-order valence-corrected chi connectivity index (χ4v) is 3.74. The van der Waals surface area contributed by atoms with Gasteiger partial charge in [-0.15, -0.1) is 0 Å². The minimum absolute atomic E-state index is 0.202.